The van der Waals surface area contributed by atoms with Crippen LogP contribution in [0.2, 0.25) is 0 Å². The van der Waals surface area contributed by atoms with Crippen molar-refractivity contribution in [2.45, 2.75) is 120 Å². The first kappa shape index (κ1) is 39.4. The van der Waals surface area contributed by atoms with E-state index >= 15 is 0 Å². The number of fused-ring (bicyclic) bond motifs is 1. The summed E-state index contributed by atoms with van der Waals surface area (Å²) >= 11 is 0. The van der Waals surface area contributed by atoms with Gasteiger partial charge in [-0.15, -0.1) is 0 Å². The Morgan fingerprint density at radius 1 is 0.593 bits per heavy atom. The van der Waals surface area contributed by atoms with Crippen molar-refractivity contribution in [1.82, 2.24) is 0 Å². The normalized spacial score (nSPS) is 33.1. The van der Waals surface area contributed by atoms with Crippen LogP contribution < -0.4 is 0 Å². The van der Waals surface area contributed by atoms with Crippen molar-refractivity contribution in [3.63, 3.8) is 0 Å². The minimum absolute atomic E-state index is 0.191. The Kier molecular flexibility index (Phi) is 12.2. The molecule has 0 amide bonds. The molecule has 7 rings (SSSR count). The fraction of sp³-hybridized carbons (Fsp3) is 0.561. The van der Waals surface area contributed by atoms with E-state index in [4.69, 9.17) is 47.4 Å². The minimum atomic E-state index is -3.91. The van der Waals surface area contributed by atoms with Crippen LogP contribution in [0, 0.1) is 0 Å². The summed E-state index contributed by atoms with van der Waals surface area (Å²) in [5, 5.41) is 0. The van der Waals surface area contributed by atoms with Crippen LogP contribution in [-0.4, -0.2) is 106 Å². The molecule has 0 N–H and O–H groups in total. The molecule has 0 bridgehead atoms. The van der Waals surface area contributed by atoms with Gasteiger partial charge in [0.2, 0.25) is 0 Å². The van der Waals surface area contributed by atoms with Gasteiger partial charge < -0.3 is 47.4 Å². The molecule has 54 heavy (non-hydrogen) atoms. The second-order valence-electron chi connectivity index (χ2n) is 15.2. The molecular weight excluding hydrogens is 717 g/mol. The van der Waals surface area contributed by atoms with E-state index in [9.17, 15) is 8.42 Å². The van der Waals surface area contributed by atoms with Gasteiger partial charge in [0.25, 0.3) is 0 Å². The molecule has 3 aromatic carbocycles. The summed E-state index contributed by atoms with van der Waals surface area (Å²) in [4.78, 5) is 0. The third kappa shape index (κ3) is 9.59. The molecule has 0 aromatic heterocycles. The molecule has 13 heteroatoms. The molecule has 4 aliphatic rings. The van der Waals surface area contributed by atoms with E-state index < -0.39 is 88.4 Å². The maximum Gasteiger partial charge on any atom is 0.186 e. The van der Waals surface area contributed by atoms with Crippen molar-refractivity contribution in [1.29, 1.82) is 0 Å². The van der Waals surface area contributed by atoms with E-state index in [1.807, 2.05) is 119 Å². The van der Waals surface area contributed by atoms with Gasteiger partial charge in [-0.2, -0.15) is 0 Å². The van der Waals surface area contributed by atoms with Crippen LogP contribution in [0.5, 0.6) is 0 Å². The SMILES string of the molecule is CO[C@H]1O[C@H](CS(=O)(=O)C[C@@H]2O[C@H]([C@H]3COC(C)(C)O3)[C@@H]3OC(C)(C)O[C@@H]32)[C@@H](OCc2ccccc2)[C@H](OCc2ccccc2)[C@H]1OCc1ccccc1. The molecule has 0 spiro atoms. The highest BCUT2D eigenvalue weighted by atomic mass is 32.2. The Balaban J connectivity index is 1.15. The van der Waals surface area contributed by atoms with E-state index in [0.29, 0.717) is 0 Å². The molecule has 4 aliphatic heterocycles. The van der Waals surface area contributed by atoms with Gasteiger partial charge in [0.1, 0.15) is 54.9 Å². The first-order valence-corrected chi connectivity index (χ1v) is 20.4. The fourth-order valence-corrected chi connectivity index (χ4v) is 9.34. The monoisotopic (exact) mass is 768 g/mol. The van der Waals surface area contributed by atoms with Crippen LogP contribution in [0.25, 0.3) is 0 Å². The van der Waals surface area contributed by atoms with E-state index in [1.165, 1.54) is 7.11 Å². The zero-order valence-corrected chi connectivity index (χ0v) is 32.3. The van der Waals surface area contributed by atoms with Gasteiger partial charge in [-0.05, 0) is 44.4 Å². The summed E-state index contributed by atoms with van der Waals surface area (Å²) in [7, 11) is -2.40. The number of benzene rings is 3. The highest BCUT2D eigenvalue weighted by Crippen LogP contribution is 2.43. The fourth-order valence-electron chi connectivity index (χ4n) is 7.66. The Morgan fingerprint density at radius 3 is 1.61 bits per heavy atom. The molecule has 12 nitrogen and oxygen atoms in total. The highest BCUT2D eigenvalue weighted by Gasteiger charge is 2.60. The number of sulfone groups is 1. The zero-order valence-electron chi connectivity index (χ0n) is 31.5. The Hall–Kier alpha value is -2.79. The van der Waals surface area contributed by atoms with Crippen molar-refractivity contribution in [2.24, 2.45) is 0 Å². The third-order valence-electron chi connectivity index (χ3n) is 10.1. The molecule has 4 saturated heterocycles. The first-order chi connectivity index (χ1) is 25.9. The number of ether oxygens (including phenoxy) is 10. The molecule has 3 aromatic rings. The molecular formula is C41H52O12S. The topological polar surface area (TPSA) is 126 Å². The molecule has 0 unspecified atom stereocenters. The van der Waals surface area contributed by atoms with Gasteiger partial charge in [-0.1, -0.05) is 91.0 Å². The lowest BCUT2D eigenvalue weighted by atomic mass is 9.98. The largest absolute Gasteiger partial charge is 0.368 e. The molecule has 4 heterocycles. The van der Waals surface area contributed by atoms with Gasteiger partial charge >= 0.3 is 0 Å². The molecule has 10 atom stereocenters. The van der Waals surface area contributed by atoms with E-state index in [2.05, 4.69) is 0 Å². The van der Waals surface area contributed by atoms with Crippen LogP contribution >= 0.6 is 0 Å². The Morgan fingerprint density at radius 2 is 1.09 bits per heavy atom. The average Bonchev–Trinajstić information content (AvgIpc) is 3.79. The molecule has 0 aliphatic carbocycles. The number of hydrogen-bond donors (Lipinski definition) is 0. The number of hydrogen-bond acceptors (Lipinski definition) is 12. The Labute approximate surface area is 318 Å². The molecule has 4 fully saturated rings. The van der Waals surface area contributed by atoms with Crippen molar-refractivity contribution in [3.05, 3.63) is 108 Å². The smallest absolute Gasteiger partial charge is 0.186 e. The summed E-state index contributed by atoms with van der Waals surface area (Å²) in [5.74, 6) is -2.46. The van der Waals surface area contributed by atoms with Crippen molar-refractivity contribution in [3.8, 4) is 0 Å². The van der Waals surface area contributed by atoms with Gasteiger partial charge in [-0.3, -0.25) is 0 Å². The summed E-state index contributed by atoms with van der Waals surface area (Å²) in [6.45, 7) is 8.25. The van der Waals surface area contributed by atoms with Crippen molar-refractivity contribution in [2.75, 3.05) is 25.2 Å². The van der Waals surface area contributed by atoms with Crippen molar-refractivity contribution >= 4 is 9.84 Å². The van der Waals surface area contributed by atoms with Gasteiger partial charge in [-0.25, -0.2) is 8.42 Å². The van der Waals surface area contributed by atoms with E-state index in [-0.39, 0.29) is 32.2 Å². The standard InChI is InChI=1S/C41H52O12S/c1-40(2)48-24-30(51-40)34-37-35(52-41(3,4)53-37)32(49-34)26-54(42,43)25-31-33(45-21-27-15-9-6-10-16-27)36(46-22-28-17-11-7-12-18-28)38(39(44-5)50-31)47-23-29-19-13-8-14-20-29/h6-20,30-39H,21-26H2,1-5H3/t30-,31-,32+,33-,34-,35-,36+,37+,38-,39+/m1/s1. The lowest BCUT2D eigenvalue weighted by Crippen LogP contribution is -2.62. The maximum absolute atomic E-state index is 14.3. The predicted molar refractivity (Wildman–Crippen MR) is 197 cm³/mol. The number of methoxy groups -OCH3 is 1. The highest BCUT2D eigenvalue weighted by molar-refractivity contribution is 7.91. The molecule has 0 saturated carbocycles. The third-order valence-corrected chi connectivity index (χ3v) is 11.8. The summed E-state index contributed by atoms with van der Waals surface area (Å²) in [5.41, 5.74) is 2.80. The summed E-state index contributed by atoms with van der Waals surface area (Å²) < 4.78 is 91.7. The Bertz CT molecular complexity index is 1740. The van der Waals surface area contributed by atoms with Crippen LogP contribution in [-0.2, 0) is 77.0 Å². The second kappa shape index (κ2) is 16.7. The predicted octanol–water partition coefficient (Wildman–Crippen LogP) is 4.97. The van der Waals surface area contributed by atoms with E-state index in [1.54, 1.807) is 0 Å². The first-order valence-electron chi connectivity index (χ1n) is 18.6. The van der Waals surface area contributed by atoms with Gasteiger partial charge in [0.15, 0.2) is 27.7 Å². The van der Waals surface area contributed by atoms with Crippen LogP contribution in [0.4, 0.5) is 0 Å². The number of rotatable bonds is 15. The molecule has 0 radical (unpaired) electrons. The summed E-state index contributed by atoms with van der Waals surface area (Å²) in [6, 6.07) is 29.2. The quantitative estimate of drug-likeness (QED) is 0.207. The van der Waals surface area contributed by atoms with Gasteiger partial charge in [0, 0.05) is 7.11 Å². The second-order valence-corrected chi connectivity index (χ2v) is 17.4. The average molecular weight is 769 g/mol. The van der Waals surface area contributed by atoms with Crippen molar-refractivity contribution < 1.29 is 55.8 Å². The van der Waals surface area contributed by atoms with E-state index in [0.717, 1.165) is 16.7 Å². The zero-order chi connectivity index (χ0) is 37.9. The maximum atomic E-state index is 14.3. The lowest BCUT2D eigenvalue weighted by molar-refractivity contribution is -0.313. The molecule has 294 valence electrons. The van der Waals surface area contributed by atoms with Crippen LogP contribution in [0.1, 0.15) is 44.4 Å². The minimum Gasteiger partial charge on any atom is -0.368 e. The lowest BCUT2D eigenvalue weighted by Gasteiger charge is -2.45. The summed E-state index contributed by atoms with van der Waals surface area (Å²) in [6.07, 6.45) is -7.37. The van der Waals surface area contributed by atoms with Gasteiger partial charge in [0.05, 0.1) is 37.9 Å². The van der Waals surface area contributed by atoms with Crippen LogP contribution in [0.3, 0.4) is 0 Å². The van der Waals surface area contributed by atoms with Crippen LogP contribution in [0.15, 0.2) is 91.0 Å².